The van der Waals surface area contributed by atoms with Gasteiger partial charge in [-0.25, -0.2) is 0 Å². The third-order valence-electron chi connectivity index (χ3n) is 3.23. The Morgan fingerprint density at radius 1 is 1.59 bits per heavy atom. The Bertz CT molecular complexity index is 278. The molecule has 1 aliphatic rings. The molecule has 0 aliphatic carbocycles. The highest BCUT2D eigenvalue weighted by Gasteiger charge is 2.22. The van der Waals surface area contributed by atoms with Crippen molar-refractivity contribution in [3.8, 4) is 0 Å². The van der Waals surface area contributed by atoms with Gasteiger partial charge in [0.1, 0.15) is 0 Å². The van der Waals surface area contributed by atoms with E-state index in [1.165, 1.54) is 0 Å². The minimum Gasteiger partial charge on any atom is -0.393 e. The second kappa shape index (κ2) is 6.91. The molecule has 1 rings (SSSR count). The van der Waals surface area contributed by atoms with Gasteiger partial charge in [-0.3, -0.25) is 4.79 Å². The van der Waals surface area contributed by atoms with Crippen molar-refractivity contribution >= 4 is 23.1 Å². The zero-order valence-corrected chi connectivity index (χ0v) is 11.5. The number of carbonyl (C=O) groups is 1. The highest BCUT2D eigenvalue weighted by Crippen LogP contribution is 2.17. The molecule has 0 aromatic heterocycles. The largest absolute Gasteiger partial charge is 0.393 e. The van der Waals surface area contributed by atoms with Crippen molar-refractivity contribution in [2.45, 2.75) is 51.2 Å². The van der Waals surface area contributed by atoms with E-state index < -0.39 is 0 Å². The van der Waals surface area contributed by atoms with Crippen molar-refractivity contribution < 1.29 is 9.53 Å². The van der Waals surface area contributed by atoms with E-state index in [2.05, 4.69) is 0 Å². The van der Waals surface area contributed by atoms with Crippen molar-refractivity contribution in [2.24, 2.45) is 5.73 Å². The van der Waals surface area contributed by atoms with E-state index in [-0.39, 0.29) is 18.1 Å². The number of ether oxygens (including phenoxy) is 1. The molecule has 0 radical (unpaired) electrons. The van der Waals surface area contributed by atoms with Crippen LogP contribution in [0.4, 0.5) is 0 Å². The Morgan fingerprint density at radius 3 is 2.82 bits per heavy atom. The zero-order chi connectivity index (χ0) is 12.8. The van der Waals surface area contributed by atoms with Crippen LogP contribution >= 0.6 is 12.2 Å². The smallest absolute Gasteiger partial charge is 0.225 e. The molecule has 2 N–H and O–H groups in total. The molecule has 1 saturated heterocycles. The SMILES string of the molecule is CC(CC(N)=S)N(C)C(=O)CC1CCCCO1. The molecule has 1 amide bonds. The highest BCUT2D eigenvalue weighted by atomic mass is 32.1. The number of carbonyl (C=O) groups excluding carboxylic acids is 1. The van der Waals surface area contributed by atoms with Crippen LogP contribution in [-0.4, -0.2) is 41.6 Å². The van der Waals surface area contributed by atoms with Gasteiger partial charge in [0.25, 0.3) is 0 Å². The summed E-state index contributed by atoms with van der Waals surface area (Å²) >= 11 is 4.85. The molecule has 0 bridgehead atoms. The number of nitrogens with two attached hydrogens (primary N) is 1. The third kappa shape index (κ3) is 5.00. The number of amides is 1. The Kier molecular flexibility index (Phi) is 5.85. The number of nitrogens with zero attached hydrogens (tertiary/aromatic N) is 1. The first-order valence-electron chi connectivity index (χ1n) is 6.16. The Morgan fingerprint density at radius 2 is 2.29 bits per heavy atom. The highest BCUT2D eigenvalue weighted by molar-refractivity contribution is 7.80. The Balaban J connectivity index is 2.37. The summed E-state index contributed by atoms with van der Waals surface area (Å²) in [6.45, 7) is 2.74. The van der Waals surface area contributed by atoms with Crippen molar-refractivity contribution in [3.05, 3.63) is 0 Å². The van der Waals surface area contributed by atoms with Gasteiger partial charge in [0.05, 0.1) is 17.5 Å². The van der Waals surface area contributed by atoms with Crippen LogP contribution in [0.5, 0.6) is 0 Å². The van der Waals surface area contributed by atoms with E-state index in [1.807, 2.05) is 6.92 Å². The van der Waals surface area contributed by atoms with Gasteiger partial charge < -0.3 is 15.4 Å². The normalized spacial score (nSPS) is 21.9. The molecule has 0 aromatic carbocycles. The minimum absolute atomic E-state index is 0.0589. The summed E-state index contributed by atoms with van der Waals surface area (Å²) in [5.74, 6) is 0.112. The molecule has 98 valence electrons. The van der Waals surface area contributed by atoms with Crippen molar-refractivity contribution in [1.29, 1.82) is 0 Å². The molecule has 0 saturated carbocycles. The molecule has 2 unspecified atom stereocenters. The lowest BCUT2D eigenvalue weighted by atomic mass is 10.1. The van der Waals surface area contributed by atoms with E-state index in [1.54, 1.807) is 11.9 Å². The van der Waals surface area contributed by atoms with E-state index >= 15 is 0 Å². The second-order valence-electron chi connectivity index (χ2n) is 4.72. The lowest BCUT2D eigenvalue weighted by Gasteiger charge is -2.28. The molecular formula is C12H22N2O2S. The molecule has 17 heavy (non-hydrogen) atoms. The van der Waals surface area contributed by atoms with Gasteiger partial charge in [-0.15, -0.1) is 0 Å². The van der Waals surface area contributed by atoms with Gasteiger partial charge in [-0.05, 0) is 26.2 Å². The Hall–Kier alpha value is -0.680. The molecule has 0 spiro atoms. The Labute approximate surface area is 108 Å². The van der Waals surface area contributed by atoms with Gasteiger partial charge in [-0.1, -0.05) is 12.2 Å². The van der Waals surface area contributed by atoms with Gasteiger partial charge in [0, 0.05) is 26.1 Å². The van der Waals surface area contributed by atoms with Crippen molar-refractivity contribution in [2.75, 3.05) is 13.7 Å². The summed E-state index contributed by atoms with van der Waals surface area (Å²) in [5.41, 5.74) is 5.48. The van der Waals surface area contributed by atoms with E-state index in [4.69, 9.17) is 22.7 Å². The van der Waals surface area contributed by atoms with Crippen LogP contribution in [0.3, 0.4) is 0 Å². The number of hydrogen-bond acceptors (Lipinski definition) is 3. The van der Waals surface area contributed by atoms with Crippen LogP contribution < -0.4 is 5.73 Å². The van der Waals surface area contributed by atoms with Gasteiger partial charge in [0.2, 0.25) is 5.91 Å². The first kappa shape index (κ1) is 14.4. The lowest BCUT2D eigenvalue weighted by Crippen LogP contribution is -2.39. The standard InChI is InChI=1S/C12H22N2O2S/c1-9(7-11(13)17)14(2)12(15)8-10-5-3-4-6-16-10/h9-10H,3-8H2,1-2H3,(H2,13,17). The van der Waals surface area contributed by atoms with E-state index in [0.29, 0.717) is 17.8 Å². The maximum absolute atomic E-state index is 12.0. The fraction of sp³-hybridized carbons (Fsp3) is 0.833. The molecule has 2 atom stereocenters. The molecule has 4 nitrogen and oxygen atoms in total. The number of thiocarbonyl (C=S) groups is 1. The van der Waals surface area contributed by atoms with Crippen LogP contribution in [0.25, 0.3) is 0 Å². The average molecular weight is 258 g/mol. The van der Waals surface area contributed by atoms with E-state index in [9.17, 15) is 4.79 Å². The summed E-state index contributed by atoms with van der Waals surface area (Å²) in [4.78, 5) is 14.2. The quantitative estimate of drug-likeness (QED) is 0.759. The molecule has 1 fully saturated rings. The summed E-state index contributed by atoms with van der Waals surface area (Å²) in [5, 5.41) is 0. The van der Waals surface area contributed by atoms with Gasteiger partial charge >= 0.3 is 0 Å². The molecule has 5 heteroatoms. The number of rotatable bonds is 5. The van der Waals surface area contributed by atoms with Gasteiger partial charge in [-0.2, -0.15) is 0 Å². The fourth-order valence-corrected chi connectivity index (χ4v) is 2.22. The van der Waals surface area contributed by atoms with Crippen LogP contribution in [-0.2, 0) is 9.53 Å². The summed E-state index contributed by atoms with van der Waals surface area (Å²) in [6, 6.07) is 0.0589. The monoisotopic (exact) mass is 258 g/mol. The van der Waals surface area contributed by atoms with Crippen LogP contribution in [0.2, 0.25) is 0 Å². The zero-order valence-electron chi connectivity index (χ0n) is 10.6. The van der Waals surface area contributed by atoms with Gasteiger partial charge in [0.15, 0.2) is 0 Å². The van der Waals surface area contributed by atoms with Crippen LogP contribution in [0.1, 0.15) is 39.0 Å². The maximum atomic E-state index is 12.0. The molecule has 1 aliphatic heterocycles. The maximum Gasteiger partial charge on any atom is 0.225 e. The van der Waals surface area contributed by atoms with Crippen LogP contribution in [0.15, 0.2) is 0 Å². The average Bonchev–Trinajstić information content (AvgIpc) is 2.28. The fourth-order valence-electron chi connectivity index (χ4n) is 1.98. The minimum atomic E-state index is 0.0589. The molecule has 1 heterocycles. The summed E-state index contributed by atoms with van der Waals surface area (Å²) in [6.07, 6.45) is 4.39. The summed E-state index contributed by atoms with van der Waals surface area (Å²) in [7, 11) is 1.80. The first-order valence-corrected chi connectivity index (χ1v) is 6.57. The first-order chi connectivity index (χ1) is 8.00. The molecular weight excluding hydrogens is 236 g/mol. The van der Waals surface area contributed by atoms with Crippen molar-refractivity contribution in [3.63, 3.8) is 0 Å². The summed E-state index contributed by atoms with van der Waals surface area (Å²) < 4.78 is 5.56. The topological polar surface area (TPSA) is 55.6 Å². The molecule has 0 aromatic rings. The number of hydrogen-bond donors (Lipinski definition) is 1. The van der Waals surface area contributed by atoms with Crippen molar-refractivity contribution in [1.82, 2.24) is 4.90 Å². The second-order valence-corrected chi connectivity index (χ2v) is 5.24. The predicted molar refractivity (Wildman–Crippen MR) is 71.8 cm³/mol. The van der Waals surface area contributed by atoms with E-state index in [0.717, 1.165) is 25.9 Å². The predicted octanol–water partition coefficient (Wildman–Crippen LogP) is 1.47. The van der Waals surface area contributed by atoms with Crippen LogP contribution in [0, 0.1) is 0 Å². The lowest BCUT2D eigenvalue weighted by molar-refractivity contribution is -0.135. The third-order valence-corrected chi connectivity index (χ3v) is 3.39.